The molecule has 0 bridgehead atoms. The topological polar surface area (TPSA) is 60.2 Å². The van der Waals surface area contributed by atoms with Crippen LogP contribution in [-0.4, -0.2) is 45.3 Å². The van der Waals surface area contributed by atoms with Gasteiger partial charge >= 0.3 is 0 Å². The average Bonchev–Trinajstić information content (AvgIpc) is 3.16. The Balaban J connectivity index is 1.75. The van der Waals surface area contributed by atoms with Gasteiger partial charge in [0.2, 0.25) is 5.91 Å². The fraction of sp³-hybridized carbons (Fsp3) is 0.500. The van der Waals surface area contributed by atoms with Gasteiger partial charge in [-0.3, -0.25) is 14.5 Å². The fourth-order valence-electron chi connectivity index (χ4n) is 3.37. The molecule has 0 spiro atoms. The van der Waals surface area contributed by atoms with E-state index < -0.39 is 0 Å². The summed E-state index contributed by atoms with van der Waals surface area (Å²) < 4.78 is 7.70. The van der Waals surface area contributed by atoms with Crippen molar-refractivity contribution in [2.24, 2.45) is 7.05 Å². The van der Waals surface area contributed by atoms with Crippen LogP contribution in [0, 0.1) is 13.8 Å². The first-order chi connectivity index (χ1) is 11.5. The first-order valence-electron chi connectivity index (χ1n) is 8.25. The molecular weight excluding hydrogens is 304 g/mol. The lowest BCUT2D eigenvalue weighted by atomic mass is 10.0. The molecule has 0 N–H and O–H groups in total. The molecule has 2 aromatic rings. The third kappa shape index (κ3) is 3.06. The molecule has 3 heterocycles. The molecule has 0 unspecified atom stereocenters. The van der Waals surface area contributed by atoms with Gasteiger partial charge in [0.15, 0.2) is 0 Å². The summed E-state index contributed by atoms with van der Waals surface area (Å²) in [4.78, 5) is 18.8. The summed E-state index contributed by atoms with van der Waals surface area (Å²) in [5.41, 5.74) is 4.00. The van der Waals surface area contributed by atoms with Gasteiger partial charge in [0, 0.05) is 49.9 Å². The Morgan fingerprint density at radius 3 is 2.88 bits per heavy atom. The van der Waals surface area contributed by atoms with Crippen LogP contribution in [-0.2, 0) is 23.0 Å². The second-order valence-electron chi connectivity index (χ2n) is 6.39. The summed E-state index contributed by atoms with van der Waals surface area (Å²) in [6, 6.07) is 3.95. The Labute approximate surface area is 142 Å². The van der Waals surface area contributed by atoms with Gasteiger partial charge < -0.3 is 9.64 Å². The van der Waals surface area contributed by atoms with Crippen molar-refractivity contribution < 1.29 is 9.53 Å². The number of nitrogens with zero attached hydrogens (tertiary/aromatic N) is 4. The summed E-state index contributed by atoms with van der Waals surface area (Å²) in [5, 5.41) is 4.40. The lowest BCUT2D eigenvalue weighted by Gasteiger charge is -2.29. The second kappa shape index (κ2) is 6.73. The molecule has 1 saturated heterocycles. The largest absolute Gasteiger partial charge is 0.371 e. The minimum absolute atomic E-state index is 0.0407. The van der Waals surface area contributed by atoms with Crippen molar-refractivity contribution >= 4 is 5.91 Å². The van der Waals surface area contributed by atoms with Crippen LogP contribution in [0.5, 0.6) is 0 Å². The van der Waals surface area contributed by atoms with Gasteiger partial charge in [-0.1, -0.05) is 6.07 Å². The predicted octanol–water partition coefficient (Wildman–Crippen LogP) is 1.96. The van der Waals surface area contributed by atoms with E-state index in [9.17, 15) is 4.79 Å². The molecule has 0 aliphatic carbocycles. The van der Waals surface area contributed by atoms with E-state index in [-0.39, 0.29) is 18.1 Å². The first kappa shape index (κ1) is 16.6. The quantitative estimate of drug-likeness (QED) is 0.861. The van der Waals surface area contributed by atoms with Crippen molar-refractivity contribution in [3.05, 3.63) is 47.0 Å². The third-order valence-corrected chi connectivity index (χ3v) is 4.95. The smallest absolute Gasteiger partial charge is 0.227 e. The Morgan fingerprint density at radius 2 is 2.25 bits per heavy atom. The van der Waals surface area contributed by atoms with Crippen LogP contribution in [0.4, 0.5) is 0 Å². The van der Waals surface area contributed by atoms with E-state index >= 15 is 0 Å². The van der Waals surface area contributed by atoms with Crippen molar-refractivity contribution in [2.45, 2.75) is 38.8 Å². The molecule has 24 heavy (non-hydrogen) atoms. The van der Waals surface area contributed by atoms with Crippen LogP contribution in [0.1, 0.15) is 35.0 Å². The Bertz CT molecular complexity index is 726. The Hall–Kier alpha value is -2.21. The minimum atomic E-state index is -0.108. The highest BCUT2D eigenvalue weighted by atomic mass is 16.5. The summed E-state index contributed by atoms with van der Waals surface area (Å²) in [5.74, 6) is 0.0959. The molecule has 1 aliphatic heterocycles. The zero-order valence-corrected chi connectivity index (χ0v) is 14.7. The van der Waals surface area contributed by atoms with Crippen LogP contribution < -0.4 is 0 Å². The number of likely N-dealkylation sites (N-methyl/N-ethyl adjacent to an activating group) is 1. The van der Waals surface area contributed by atoms with Crippen LogP contribution >= 0.6 is 0 Å². The molecule has 6 nitrogen and oxygen atoms in total. The molecule has 6 heteroatoms. The standard InChI is InChI=1S/C18H24N4O2/c1-12-15(13(2)22(4)20-12)10-17(23)21(3)16-7-9-24-18(16)14-6-5-8-19-11-14/h5-6,8,11,16,18H,7,9-10H2,1-4H3/t16-,18+/m1/s1. The molecule has 0 radical (unpaired) electrons. The van der Waals surface area contributed by atoms with Gasteiger partial charge in [0.25, 0.3) is 0 Å². The number of carbonyl (C=O) groups excluding carboxylic acids is 1. The van der Waals surface area contributed by atoms with Gasteiger partial charge in [-0.2, -0.15) is 5.10 Å². The Kier molecular flexibility index (Phi) is 4.66. The van der Waals surface area contributed by atoms with Gasteiger partial charge in [-0.15, -0.1) is 0 Å². The number of aryl methyl sites for hydroxylation is 2. The summed E-state index contributed by atoms with van der Waals surface area (Å²) in [6.45, 7) is 4.61. The summed E-state index contributed by atoms with van der Waals surface area (Å²) >= 11 is 0. The van der Waals surface area contributed by atoms with E-state index in [1.807, 2.05) is 55.9 Å². The second-order valence-corrected chi connectivity index (χ2v) is 6.39. The molecule has 1 aliphatic rings. The molecule has 2 atom stereocenters. The van der Waals surface area contributed by atoms with Gasteiger partial charge in [-0.25, -0.2) is 0 Å². The molecule has 0 saturated carbocycles. The number of hydrogen-bond donors (Lipinski definition) is 0. The third-order valence-electron chi connectivity index (χ3n) is 4.95. The first-order valence-corrected chi connectivity index (χ1v) is 8.25. The van der Waals surface area contributed by atoms with Crippen LogP contribution in [0.25, 0.3) is 0 Å². The average molecular weight is 328 g/mol. The van der Waals surface area contributed by atoms with E-state index in [1.54, 1.807) is 6.20 Å². The lowest BCUT2D eigenvalue weighted by Crippen LogP contribution is -2.39. The number of carbonyl (C=O) groups is 1. The SMILES string of the molecule is Cc1nn(C)c(C)c1CC(=O)N(C)[C@@H]1CCO[C@H]1c1cccnc1. The van der Waals surface area contributed by atoms with E-state index in [4.69, 9.17) is 4.74 Å². The monoisotopic (exact) mass is 328 g/mol. The lowest BCUT2D eigenvalue weighted by molar-refractivity contribution is -0.132. The number of aromatic nitrogens is 3. The van der Waals surface area contributed by atoms with Gasteiger partial charge in [0.05, 0.1) is 18.2 Å². The molecule has 3 rings (SSSR count). The molecule has 1 fully saturated rings. The van der Waals surface area contributed by atoms with Crippen LogP contribution in [0.3, 0.4) is 0 Å². The van der Waals surface area contributed by atoms with Crippen molar-refractivity contribution in [2.75, 3.05) is 13.7 Å². The molecule has 1 amide bonds. The van der Waals surface area contributed by atoms with E-state index in [2.05, 4.69) is 10.1 Å². The van der Waals surface area contributed by atoms with Gasteiger partial charge in [0.1, 0.15) is 6.10 Å². The van der Waals surface area contributed by atoms with E-state index in [0.717, 1.165) is 28.9 Å². The number of amides is 1. The highest BCUT2D eigenvalue weighted by Gasteiger charge is 2.35. The molecule has 2 aromatic heterocycles. The van der Waals surface area contributed by atoms with Gasteiger partial charge in [-0.05, 0) is 26.3 Å². The highest BCUT2D eigenvalue weighted by molar-refractivity contribution is 5.79. The zero-order valence-electron chi connectivity index (χ0n) is 14.7. The Morgan fingerprint density at radius 1 is 1.46 bits per heavy atom. The molecular formula is C18H24N4O2. The molecule has 0 aromatic carbocycles. The van der Waals surface area contributed by atoms with Crippen molar-refractivity contribution in [3.8, 4) is 0 Å². The van der Waals surface area contributed by atoms with Crippen LogP contribution in [0.2, 0.25) is 0 Å². The fourth-order valence-corrected chi connectivity index (χ4v) is 3.37. The van der Waals surface area contributed by atoms with Crippen LogP contribution in [0.15, 0.2) is 24.5 Å². The normalized spacial score (nSPS) is 20.3. The number of hydrogen-bond acceptors (Lipinski definition) is 4. The van der Waals surface area contributed by atoms with Crippen molar-refractivity contribution in [1.82, 2.24) is 19.7 Å². The maximum atomic E-state index is 12.8. The van der Waals surface area contributed by atoms with Crippen molar-refractivity contribution in [1.29, 1.82) is 0 Å². The minimum Gasteiger partial charge on any atom is -0.371 e. The van der Waals surface area contributed by atoms with Crippen molar-refractivity contribution in [3.63, 3.8) is 0 Å². The van der Waals surface area contributed by atoms with E-state index in [1.165, 1.54) is 0 Å². The maximum Gasteiger partial charge on any atom is 0.227 e. The maximum absolute atomic E-state index is 12.8. The van der Waals surface area contributed by atoms with E-state index in [0.29, 0.717) is 13.0 Å². The number of ether oxygens (including phenoxy) is 1. The number of rotatable bonds is 4. The predicted molar refractivity (Wildman–Crippen MR) is 90.5 cm³/mol. The zero-order chi connectivity index (χ0) is 17.3. The molecule has 128 valence electrons. The summed E-state index contributed by atoms with van der Waals surface area (Å²) in [7, 11) is 3.77. The highest BCUT2D eigenvalue weighted by Crippen LogP contribution is 2.32. The number of pyridine rings is 1. The summed E-state index contributed by atoms with van der Waals surface area (Å²) in [6.07, 6.45) is 4.67.